The summed E-state index contributed by atoms with van der Waals surface area (Å²) in [4.78, 5) is 26.0. The standard InChI is InChI=1S/C19H29NO4.ClH/c1-5-7-12-20(13-8-6-2)15(4)24-19(23)17-11-9-10-16(14(3)21)18(17)22;/h9-11,15,22H,5-8,12-13H2,1-4H3;1H. The van der Waals surface area contributed by atoms with Gasteiger partial charge in [-0.2, -0.15) is 0 Å². The summed E-state index contributed by atoms with van der Waals surface area (Å²) in [7, 11) is 0. The van der Waals surface area contributed by atoms with Gasteiger partial charge in [-0.05, 0) is 38.8 Å². The fraction of sp³-hybridized carbons (Fsp3) is 0.579. The van der Waals surface area contributed by atoms with Crippen molar-refractivity contribution in [1.82, 2.24) is 4.90 Å². The highest BCUT2D eigenvalue weighted by molar-refractivity contribution is 6.02. The van der Waals surface area contributed by atoms with E-state index in [4.69, 9.17) is 4.74 Å². The van der Waals surface area contributed by atoms with Crippen molar-refractivity contribution in [2.24, 2.45) is 0 Å². The molecule has 1 atom stereocenters. The van der Waals surface area contributed by atoms with Crippen LogP contribution in [-0.2, 0) is 4.74 Å². The van der Waals surface area contributed by atoms with Crippen LogP contribution in [-0.4, -0.2) is 41.1 Å². The largest absolute Gasteiger partial charge is 0.506 e. The number of phenols is 1. The molecular formula is C19H30ClNO4. The van der Waals surface area contributed by atoms with Crippen LogP contribution in [0.1, 0.15) is 74.1 Å². The summed E-state index contributed by atoms with van der Waals surface area (Å²) >= 11 is 0. The molecule has 0 radical (unpaired) electrons. The van der Waals surface area contributed by atoms with Gasteiger partial charge in [-0.25, -0.2) is 4.79 Å². The molecule has 0 aliphatic rings. The van der Waals surface area contributed by atoms with Crippen LogP contribution in [0.4, 0.5) is 0 Å². The van der Waals surface area contributed by atoms with E-state index in [-0.39, 0.29) is 41.3 Å². The average Bonchev–Trinajstić information content (AvgIpc) is 2.54. The smallest absolute Gasteiger partial charge is 0.343 e. The Morgan fingerprint density at radius 3 is 2.12 bits per heavy atom. The third-order valence-electron chi connectivity index (χ3n) is 4.02. The molecule has 0 amide bonds. The molecule has 1 unspecified atom stereocenters. The first kappa shape index (κ1) is 23.4. The van der Waals surface area contributed by atoms with E-state index in [1.807, 2.05) is 6.92 Å². The maximum atomic E-state index is 12.4. The summed E-state index contributed by atoms with van der Waals surface area (Å²) in [6, 6.07) is 4.54. The Bertz CT molecular complexity index is 554. The fourth-order valence-electron chi connectivity index (χ4n) is 2.48. The summed E-state index contributed by atoms with van der Waals surface area (Å²) in [6.45, 7) is 9.17. The number of para-hydroxylation sites is 1. The number of carbonyl (C=O) groups excluding carboxylic acids is 2. The zero-order chi connectivity index (χ0) is 18.1. The van der Waals surface area contributed by atoms with Gasteiger partial charge in [0, 0.05) is 13.1 Å². The highest BCUT2D eigenvalue weighted by Crippen LogP contribution is 2.24. The molecule has 1 N–H and O–H groups in total. The Kier molecular flexibility index (Phi) is 11.1. The molecule has 0 spiro atoms. The van der Waals surface area contributed by atoms with Crippen LogP contribution in [0, 0.1) is 0 Å². The summed E-state index contributed by atoms with van der Waals surface area (Å²) in [5.41, 5.74) is 0.159. The molecule has 0 bridgehead atoms. The monoisotopic (exact) mass is 371 g/mol. The molecule has 0 aliphatic heterocycles. The predicted molar refractivity (Wildman–Crippen MR) is 102 cm³/mol. The first-order valence-corrected chi connectivity index (χ1v) is 8.70. The number of rotatable bonds is 10. The number of Topliss-reactive ketones (excluding diaryl/α,β-unsaturated/α-hetero) is 1. The van der Waals surface area contributed by atoms with Crippen molar-refractivity contribution in [2.75, 3.05) is 13.1 Å². The first-order valence-electron chi connectivity index (χ1n) is 8.70. The molecule has 0 fully saturated rings. The molecule has 1 rings (SSSR count). The predicted octanol–water partition coefficient (Wildman–Crippen LogP) is 4.42. The number of aromatic hydroxyl groups is 1. The normalized spacial score (nSPS) is 11.7. The van der Waals surface area contributed by atoms with E-state index in [1.165, 1.54) is 19.1 Å². The van der Waals surface area contributed by atoms with E-state index in [9.17, 15) is 14.7 Å². The van der Waals surface area contributed by atoms with Crippen molar-refractivity contribution in [3.8, 4) is 5.75 Å². The van der Waals surface area contributed by atoms with Gasteiger partial charge in [-0.15, -0.1) is 12.4 Å². The number of benzene rings is 1. The second-order valence-corrected chi connectivity index (χ2v) is 6.01. The topological polar surface area (TPSA) is 66.8 Å². The van der Waals surface area contributed by atoms with Gasteiger partial charge in [0.2, 0.25) is 0 Å². The van der Waals surface area contributed by atoms with Crippen molar-refractivity contribution in [3.63, 3.8) is 0 Å². The van der Waals surface area contributed by atoms with Crippen molar-refractivity contribution >= 4 is 24.2 Å². The van der Waals surface area contributed by atoms with Crippen molar-refractivity contribution < 1.29 is 19.4 Å². The number of ether oxygens (including phenoxy) is 1. The molecule has 142 valence electrons. The van der Waals surface area contributed by atoms with Crippen LogP contribution in [0.2, 0.25) is 0 Å². The SMILES string of the molecule is CCCCN(CCCC)C(C)OC(=O)c1cccc(C(C)=O)c1O.Cl. The minimum absolute atomic E-state index is 0. The number of halogens is 1. The van der Waals surface area contributed by atoms with Crippen molar-refractivity contribution in [2.45, 2.75) is 59.6 Å². The van der Waals surface area contributed by atoms with Gasteiger partial charge in [0.05, 0.1) is 5.56 Å². The van der Waals surface area contributed by atoms with Crippen LogP contribution in [0.25, 0.3) is 0 Å². The third kappa shape index (κ3) is 7.04. The molecular weight excluding hydrogens is 342 g/mol. The lowest BCUT2D eigenvalue weighted by molar-refractivity contribution is -0.0246. The maximum absolute atomic E-state index is 12.4. The molecule has 0 aliphatic carbocycles. The Morgan fingerprint density at radius 1 is 1.12 bits per heavy atom. The van der Waals surface area contributed by atoms with Crippen molar-refractivity contribution in [1.29, 1.82) is 0 Å². The maximum Gasteiger partial charge on any atom is 0.343 e. The number of phenolic OH excluding ortho intramolecular Hbond substituents is 1. The van der Waals surface area contributed by atoms with Gasteiger partial charge >= 0.3 is 5.97 Å². The third-order valence-corrected chi connectivity index (χ3v) is 4.02. The zero-order valence-corrected chi connectivity index (χ0v) is 16.4. The highest BCUT2D eigenvalue weighted by Gasteiger charge is 2.22. The number of unbranched alkanes of at least 4 members (excludes halogenated alkanes) is 2. The van der Waals surface area contributed by atoms with E-state index in [2.05, 4.69) is 18.7 Å². The summed E-state index contributed by atoms with van der Waals surface area (Å²) < 4.78 is 5.52. The second-order valence-electron chi connectivity index (χ2n) is 6.01. The number of hydrogen-bond acceptors (Lipinski definition) is 5. The van der Waals surface area contributed by atoms with E-state index < -0.39 is 5.97 Å². The molecule has 0 aromatic heterocycles. The minimum Gasteiger partial charge on any atom is -0.506 e. The summed E-state index contributed by atoms with van der Waals surface area (Å²) in [5, 5.41) is 10.1. The lowest BCUT2D eigenvalue weighted by Gasteiger charge is -2.28. The Balaban J connectivity index is 0.00000576. The molecule has 0 heterocycles. The number of ketones is 1. The van der Waals surface area contributed by atoms with Gasteiger partial charge in [-0.1, -0.05) is 32.8 Å². The van der Waals surface area contributed by atoms with E-state index >= 15 is 0 Å². The van der Waals surface area contributed by atoms with Gasteiger partial charge in [0.15, 0.2) is 12.0 Å². The first-order chi connectivity index (χ1) is 11.4. The fourth-order valence-corrected chi connectivity index (χ4v) is 2.48. The molecule has 25 heavy (non-hydrogen) atoms. The molecule has 0 saturated carbocycles. The van der Waals surface area contributed by atoms with Crippen LogP contribution in [0.15, 0.2) is 18.2 Å². The van der Waals surface area contributed by atoms with Crippen LogP contribution < -0.4 is 0 Å². The molecule has 1 aromatic carbocycles. The van der Waals surface area contributed by atoms with Crippen LogP contribution in [0.5, 0.6) is 5.75 Å². The van der Waals surface area contributed by atoms with Gasteiger partial charge in [0.1, 0.15) is 11.3 Å². The van der Waals surface area contributed by atoms with Crippen LogP contribution in [0.3, 0.4) is 0 Å². The number of esters is 1. The van der Waals surface area contributed by atoms with Crippen LogP contribution >= 0.6 is 12.4 Å². The van der Waals surface area contributed by atoms with E-state index in [0.717, 1.165) is 38.8 Å². The average molecular weight is 372 g/mol. The number of carbonyl (C=O) groups is 2. The van der Waals surface area contributed by atoms with Gasteiger partial charge in [0.25, 0.3) is 0 Å². The summed E-state index contributed by atoms with van der Waals surface area (Å²) in [6.07, 6.45) is 3.85. The minimum atomic E-state index is -0.610. The van der Waals surface area contributed by atoms with Crippen molar-refractivity contribution in [3.05, 3.63) is 29.3 Å². The molecule has 0 saturated heterocycles. The Hall–Kier alpha value is -1.59. The van der Waals surface area contributed by atoms with Gasteiger partial charge < -0.3 is 9.84 Å². The quantitative estimate of drug-likeness (QED) is 0.374. The highest BCUT2D eigenvalue weighted by atomic mass is 35.5. The van der Waals surface area contributed by atoms with E-state index in [1.54, 1.807) is 6.07 Å². The van der Waals surface area contributed by atoms with Gasteiger partial charge in [-0.3, -0.25) is 9.69 Å². The molecule has 1 aromatic rings. The molecule has 6 heteroatoms. The molecule has 5 nitrogen and oxygen atoms in total. The summed E-state index contributed by atoms with van der Waals surface area (Å²) in [5.74, 6) is -1.21. The number of nitrogens with zero attached hydrogens (tertiary/aromatic N) is 1. The van der Waals surface area contributed by atoms with E-state index in [0.29, 0.717) is 0 Å². The Morgan fingerprint density at radius 2 is 1.64 bits per heavy atom. The second kappa shape index (κ2) is 11.9. The lowest BCUT2D eigenvalue weighted by Crippen LogP contribution is -2.38. The zero-order valence-electron chi connectivity index (χ0n) is 15.6. The number of hydrogen-bond donors (Lipinski definition) is 1. The Labute approximate surface area is 156 Å². The lowest BCUT2D eigenvalue weighted by atomic mass is 10.1.